The molecule has 28 heavy (non-hydrogen) atoms. The molecule has 6 nitrogen and oxygen atoms in total. The highest BCUT2D eigenvalue weighted by Gasteiger charge is 2.32. The van der Waals surface area contributed by atoms with Gasteiger partial charge in [-0.1, -0.05) is 18.2 Å². The molecular weight excluding hydrogens is 383 g/mol. The Morgan fingerprint density at radius 2 is 1.71 bits per heavy atom. The molecule has 0 saturated heterocycles. The molecule has 1 aliphatic heterocycles. The van der Waals surface area contributed by atoms with Crippen LogP contribution in [0.25, 0.3) is 4.91 Å². The van der Waals surface area contributed by atoms with Crippen molar-refractivity contribution in [2.45, 2.75) is 13.3 Å². The van der Waals surface area contributed by atoms with Crippen LogP contribution in [0.1, 0.15) is 18.1 Å². The Labute approximate surface area is 163 Å². The third-order valence-corrected chi connectivity index (χ3v) is 5.96. The zero-order chi connectivity index (χ0) is 20.3. The second-order valence-corrected chi connectivity index (χ2v) is 7.86. The van der Waals surface area contributed by atoms with Crippen molar-refractivity contribution in [1.29, 1.82) is 0 Å². The van der Waals surface area contributed by atoms with E-state index in [1.807, 2.05) is 18.2 Å². The number of sulfonamides is 1. The fraction of sp³-hybridized carbons (Fsp3) is 0.250. The molecule has 0 unspecified atom stereocenters. The monoisotopic (exact) mass is 404 g/mol. The van der Waals surface area contributed by atoms with Gasteiger partial charge in [-0.15, -0.1) is 0 Å². The van der Waals surface area contributed by atoms with Gasteiger partial charge in [0.25, 0.3) is 10.0 Å². The van der Waals surface area contributed by atoms with Gasteiger partial charge in [0.1, 0.15) is 16.6 Å². The molecular formula is C20H21FN2O4S. The molecule has 0 aliphatic carbocycles. The fourth-order valence-corrected chi connectivity index (χ4v) is 4.54. The lowest BCUT2D eigenvalue weighted by Crippen LogP contribution is -2.24. The molecule has 2 aromatic carbocycles. The van der Waals surface area contributed by atoms with Gasteiger partial charge in [-0.25, -0.2) is 12.8 Å². The molecule has 0 aromatic heterocycles. The number of hydrogen-bond donors (Lipinski definition) is 1. The quantitative estimate of drug-likeness (QED) is 0.802. The van der Waals surface area contributed by atoms with E-state index in [0.29, 0.717) is 41.4 Å². The Morgan fingerprint density at radius 1 is 1.04 bits per heavy atom. The summed E-state index contributed by atoms with van der Waals surface area (Å²) in [5, 5.41) is 0. The number of halogens is 1. The van der Waals surface area contributed by atoms with Crippen LogP contribution in [-0.2, 0) is 16.4 Å². The third-order valence-electron chi connectivity index (χ3n) is 4.42. The van der Waals surface area contributed by atoms with Gasteiger partial charge in [0, 0.05) is 12.1 Å². The minimum absolute atomic E-state index is 0.123. The molecule has 0 bridgehead atoms. The number of ether oxygens (including phenoxy) is 2. The van der Waals surface area contributed by atoms with Crippen molar-refractivity contribution in [2.75, 3.05) is 20.8 Å². The van der Waals surface area contributed by atoms with Crippen molar-refractivity contribution < 1.29 is 22.3 Å². The first-order valence-electron chi connectivity index (χ1n) is 8.61. The maximum Gasteiger partial charge on any atom is 0.264 e. The zero-order valence-corrected chi connectivity index (χ0v) is 16.6. The lowest BCUT2D eigenvalue weighted by atomic mass is 10.1. The number of aliphatic imine (C=N–C) groups is 1. The van der Waals surface area contributed by atoms with E-state index in [-0.39, 0.29) is 4.91 Å². The van der Waals surface area contributed by atoms with Crippen molar-refractivity contribution in [2.24, 2.45) is 4.99 Å². The van der Waals surface area contributed by atoms with E-state index < -0.39 is 15.8 Å². The number of hydrogen-bond acceptors (Lipinski definition) is 5. The summed E-state index contributed by atoms with van der Waals surface area (Å²) in [7, 11) is -0.584. The van der Waals surface area contributed by atoms with Gasteiger partial charge in [0.05, 0.1) is 14.2 Å². The minimum Gasteiger partial charge on any atom is -0.493 e. The molecule has 0 fully saturated rings. The van der Waals surface area contributed by atoms with Gasteiger partial charge in [0.2, 0.25) is 0 Å². The van der Waals surface area contributed by atoms with Crippen LogP contribution in [0, 0.1) is 5.82 Å². The molecule has 0 saturated carbocycles. The first-order chi connectivity index (χ1) is 13.4. The van der Waals surface area contributed by atoms with E-state index in [0.717, 1.165) is 5.56 Å². The number of nitrogens with zero attached hydrogens (tertiary/aromatic N) is 1. The van der Waals surface area contributed by atoms with E-state index in [2.05, 4.69) is 9.71 Å². The molecule has 8 heteroatoms. The Kier molecular flexibility index (Phi) is 5.69. The normalized spacial score (nSPS) is 16.9. The highest BCUT2D eigenvalue weighted by atomic mass is 32.2. The predicted octanol–water partition coefficient (Wildman–Crippen LogP) is 3.15. The van der Waals surface area contributed by atoms with Crippen molar-refractivity contribution >= 4 is 20.8 Å². The third kappa shape index (κ3) is 4.01. The van der Waals surface area contributed by atoms with Crippen LogP contribution in [0.15, 0.2) is 53.0 Å². The maximum atomic E-state index is 13.1. The standard InChI is InChI=1S/C20H21FN2O4S/c1-13-19(15-5-7-16(21)8-6-15)28(24,25)23-20(13)22-11-10-14-4-9-17(26-2)18(12-14)27-3/h4-9,12H,10-11H2,1-3H3,(H,22,23). The molecule has 0 radical (unpaired) electrons. The van der Waals surface area contributed by atoms with E-state index in [4.69, 9.17) is 9.47 Å². The van der Waals surface area contributed by atoms with Gasteiger partial charge in [-0.05, 0) is 48.7 Å². The highest BCUT2D eigenvalue weighted by Crippen LogP contribution is 2.30. The largest absolute Gasteiger partial charge is 0.493 e. The molecule has 0 atom stereocenters. The number of amidine groups is 1. The smallest absolute Gasteiger partial charge is 0.264 e. The van der Waals surface area contributed by atoms with Crippen LogP contribution in [0.5, 0.6) is 11.5 Å². The minimum atomic E-state index is -3.73. The van der Waals surface area contributed by atoms with E-state index >= 15 is 0 Å². The van der Waals surface area contributed by atoms with Crippen LogP contribution in [-0.4, -0.2) is 35.0 Å². The first kappa shape index (κ1) is 19.9. The van der Waals surface area contributed by atoms with E-state index in [1.54, 1.807) is 21.1 Å². The first-order valence-corrected chi connectivity index (χ1v) is 10.1. The summed E-state index contributed by atoms with van der Waals surface area (Å²) in [5.74, 6) is 1.15. The average Bonchev–Trinajstić information content (AvgIpc) is 2.91. The zero-order valence-electron chi connectivity index (χ0n) is 15.8. The van der Waals surface area contributed by atoms with Gasteiger partial charge in [-0.3, -0.25) is 9.71 Å². The molecule has 148 valence electrons. The molecule has 1 aliphatic rings. The highest BCUT2D eigenvalue weighted by molar-refractivity contribution is 8.00. The number of methoxy groups -OCH3 is 2. The molecule has 1 N–H and O–H groups in total. The van der Waals surface area contributed by atoms with Crippen LogP contribution >= 0.6 is 0 Å². The molecule has 3 rings (SSSR count). The maximum absolute atomic E-state index is 13.1. The van der Waals surface area contributed by atoms with Crippen molar-refractivity contribution in [3.63, 3.8) is 0 Å². The summed E-state index contributed by atoms with van der Waals surface area (Å²) in [6.07, 6.45) is 0.602. The predicted molar refractivity (Wildman–Crippen MR) is 107 cm³/mol. The summed E-state index contributed by atoms with van der Waals surface area (Å²) >= 11 is 0. The Morgan fingerprint density at radius 3 is 2.36 bits per heavy atom. The molecule has 0 amide bonds. The van der Waals surface area contributed by atoms with Crippen molar-refractivity contribution in [3.05, 3.63) is 65.0 Å². The van der Waals surface area contributed by atoms with Crippen molar-refractivity contribution in [1.82, 2.24) is 4.72 Å². The van der Waals surface area contributed by atoms with Crippen LogP contribution in [0.3, 0.4) is 0 Å². The van der Waals surface area contributed by atoms with Crippen LogP contribution < -0.4 is 14.2 Å². The van der Waals surface area contributed by atoms with Gasteiger partial charge in [-0.2, -0.15) is 0 Å². The molecule has 2 aromatic rings. The van der Waals surface area contributed by atoms with E-state index in [1.165, 1.54) is 24.3 Å². The summed E-state index contributed by atoms with van der Waals surface area (Å²) < 4.78 is 51.1. The summed E-state index contributed by atoms with van der Waals surface area (Å²) in [6, 6.07) is 10.9. The number of benzene rings is 2. The Balaban J connectivity index is 1.80. The fourth-order valence-electron chi connectivity index (χ4n) is 3.02. The van der Waals surface area contributed by atoms with E-state index in [9.17, 15) is 12.8 Å². The Bertz CT molecular complexity index is 1040. The number of rotatable bonds is 6. The van der Waals surface area contributed by atoms with Gasteiger partial charge in [0.15, 0.2) is 11.5 Å². The second-order valence-electron chi connectivity index (χ2n) is 6.24. The SMILES string of the molecule is COc1ccc(CCN=C2NS(=O)(=O)C(c3ccc(F)cc3)=C2C)cc1OC. The van der Waals surface area contributed by atoms with Gasteiger partial charge >= 0.3 is 0 Å². The van der Waals surface area contributed by atoms with Gasteiger partial charge < -0.3 is 9.47 Å². The topological polar surface area (TPSA) is 77.0 Å². The number of nitrogens with one attached hydrogen (secondary N) is 1. The summed E-state index contributed by atoms with van der Waals surface area (Å²) in [5.41, 5.74) is 1.93. The van der Waals surface area contributed by atoms with Crippen LogP contribution in [0.4, 0.5) is 4.39 Å². The summed E-state index contributed by atoms with van der Waals surface area (Å²) in [4.78, 5) is 4.53. The average molecular weight is 404 g/mol. The van der Waals surface area contributed by atoms with Crippen molar-refractivity contribution in [3.8, 4) is 11.5 Å². The Hall–Kier alpha value is -2.87. The lowest BCUT2D eigenvalue weighted by molar-refractivity contribution is 0.354. The lowest BCUT2D eigenvalue weighted by Gasteiger charge is -2.09. The summed E-state index contributed by atoms with van der Waals surface area (Å²) in [6.45, 7) is 2.08. The second kappa shape index (κ2) is 8.02. The molecule has 0 spiro atoms. The van der Waals surface area contributed by atoms with Crippen LogP contribution in [0.2, 0.25) is 0 Å². The molecule has 1 heterocycles.